The van der Waals surface area contributed by atoms with Crippen molar-refractivity contribution in [3.05, 3.63) is 70.8 Å². The Bertz CT molecular complexity index is 1080. The van der Waals surface area contributed by atoms with Crippen LogP contribution in [0.5, 0.6) is 5.75 Å². The van der Waals surface area contributed by atoms with Crippen LogP contribution >= 0.6 is 0 Å². The first-order valence-electron chi connectivity index (χ1n) is 11.7. The first-order chi connectivity index (χ1) is 15.9. The maximum atomic E-state index is 13.2. The van der Waals surface area contributed by atoms with E-state index in [1.54, 1.807) is 29.2 Å². The number of nitrogens with zero attached hydrogens (tertiary/aromatic N) is 2. The number of likely N-dealkylation sites (N-methyl/N-ethyl adjacent to an activating group) is 1. The summed E-state index contributed by atoms with van der Waals surface area (Å²) in [7, 11) is 3.84. The zero-order chi connectivity index (χ0) is 25.2. The molecule has 0 saturated carbocycles. The molecule has 1 fully saturated rings. The molecule has 0 aromatic heterocycles. The minimum atomic E-state index is -0.670. The molecule has 34 heavy (non-hydrogen) atoms. The van der Waals surface area contributed by atoms with E-state index in [0.29, 0.717) is 24.4 Å². The SMILES string of the molecule is CC(C)Oc1cccc(/C(O)=C2/C(=O)C(=O)N(CCN(C)C)C2c2ccc(C(C)(C)C)cc2)c1. The summed E-state index contributed by atoms with van der Waals surface area (Å²) < 4.78 is 5.76. The molecule has 0 aliphatic carbocycles. The van der Waals surface area contributed by atoms with E-state index in [2.05, 4.69) is 20.8 Å². The van der Waals surface area contributed by atoms with Gasteiger partial charge >= 0.3 is 0 Å². The van der Waals surface area contributed by atoms with Crippen LogP contribution in [0.3, 0.4) is 0 Å². The molecule has 1 atom stereocenters. The van der Waals surface area contributed by atoms with Gasteiger partial charge in [0, 0.05) is 18.7 Å². The number of ether oxygens (including phenoxy) is 1. The number of ketones is 1. The molecule has 3 rings (SSSR count). The molecule has 1 saturated heterocycles. The van der Waals surface area contributed by atoms with Crippen LogP contribution in [-0.2, 0) is 15.0 Å². The van der Waals surface area contributed by atoms with Crippen molar-refractivity contribution in [2.75, 3.05) is 27.2 Å². The maximum absolute atomic E-state index is 13.2. The third-order valence-electron chi connectivity index (χ3n) is 5.90. The zero-order valence-corrected chi connectivity index (χ0v) is 21.3. The molecule has 0 spiro atoms. The smallest absolute Gasteiger partial charge is 0.295 e. The molecular formula is C28H36N2O4. The van der Waals surface area contributed by atoms with Crippen molar-refractivity contribution in [2.45, 2.75) is 52.2 Å². The van der Waals surface area contributed by atoms with E-state index >= 15 is 0 Å². The van der Waals surface area contributed by atoms with Crippen molar-refractivity contribution in [2.24, 2.45) is 0 Å². The summed E-state index contributed by atoms with van der Waals surface area (Å²) >= 11 is 0. The first-order valence-corrected chi connectivity index (χ1v) is 11.7. The van der Waals surface area contributed by atoms with Crippen molar-refractivity contribution in [3.8, 4) is 5.75 Å². The Morgan fingerprint density at radius 2 is 1.74 bits per heavy atom. The van der Waals surface area contributed by atoms with Gasteiger partial charge in [-0.2, -0.15) is 0 Å². The van der Waals surface area contributed by atoms with Gasteiger partial charge in [-0.3, -0.25) is 9.59 Å². The fourth-order valence-electron chi connectivity index (χ4n) is 4.07. The van der Waals surface area contributed by atoms with E-state index in [1.165, 1.54) is 0 Å². The second kappa shape index (κ2) is 10.0. The summed E-state index contributed by atoms with van der Waals surface area (Å²) in [6, 6.07) is 14.3. The second-order valence-corrected chi connectivity index (χ2v) is 10.4. The monoisotopic (exact) mass is 464 g/mol. The standard InChI is InChI=1S/C28H36N2O4/c1-18(2)34-22-10-8-9-20(17-22)25(31)23-24(19-11-13-21(14-12-19)28(3,4)5)30(16-15-29(6)7)27(33)26(23)32/h8-14,17-18,24,31H,15-16H2,1-7H3/b25-23-. The number of rotatable bonds is 7. The normalized spacial score (nSPS) is 18.3. The van der Waals surface area contributed by atoms with Gasteiger partial charge in [0.15, 0.2) is 0 Å². The molecule has 2 aromatic carbocycles. The number of aliphatic hydroxyl groups is 1. The number of amides is 1. The molecule has 1 amide bonds. The Kier molecular flexibility index (Phi) is 7.51. The lowest BCUT2D eigenvalue weighted by Gasteiger charge is -2.27. The molecule has 6 heteroatoms. The van der Waals surface area contributed by atoms with Crippen molar-refractivity contribution in [1.82, 2.24) is 9.80 Å². The van der Waals surface area contributed by atoms with Gasteiger partial charge in [0.25, 0.3) is 11.7 Å². The number of hydrogen-bond donors (Lipinski definition) is 1. The summed E-state index contributed by atoms with van der Waals surface area (Å²) in [6.45, 7) is 11.2. The van der Waals surface area contributed by atoms with Crippen LogP contribution in [0.1, 0.15) is 57.4 Å². The van der Waals surface area contributed by atoms with Crippen molar-refractivity contribution in [3.63, 3.8) is 0 Å². The number of carbonyl (C=O) groups is 2. The average Bonchev–Trinajstić information content (AvgIpc) is 3.01. The molecule has 1 unspecified atom stereocenters. The molecule has 1 aliphatic heterocycles. The number of likely N-dealkylation sites (tertiary alicyclic amines) is 1. The summed E-state index contributed by atoms with van der Waals surface area (Å²) in [5.41, 5.74) is 2.47. The molecule has 0 bridgehead atoms. The Labute approximate surface area is 202 Å². The number of aliphatic hydroxyl groups excluding tert-OH is 1. The van der Waals surface area contributed by atoms with Gasteiger partial charge in [0.2, 0.25) is 0 Å². The molecule has 0 radical (unpaired) electrons. The second-order valence-electron chi connectivity index (χ2n) is 10.4. The van der Waals surface area contributed by atoms with Crippen molar-refractivity contribution < 1.29 is 19.4 Å². The molecular weight excluding hydrogens is 428 g/mol. The predicted octanol–water partition coefficient (Wildman–Crippen LogP) is 4.75. The van der Waals surface area contributed by atoms with E-state index < -0.39 is 17.7 Å². The van der Waals surface area contributed by atoms with E-state index in [4.69, 9.17) is 4.74 Å². The minimum absolute atomic E-state index is 0.0257. The van der Waals surface area contributed by atoms with Gasteiger partial charge in [0.1, 0.15) is 11.5 Å². The molecule has 1 aliphatic rings. The van der Waals surface area contributed by atoms with Gasteiger partial charge in [-0.15, -0.1) is 0 Å². The Morgan fingerprint density at radius 1 is 1.09 bits per heavy atom. The number of hydrogen-bond acceptors (Lipinski definition) is 5. The number of benzene rings is 2. The lowest BCUT2D eigenvalue weighted by atomic mass is 9.85. The quantitative estimate of drug-likeness (QED) is 0.364. The minimum Gasteiger partial charge on any atom is -0.507 e. The van der Waals surface area contributed by atoms with Gasteiger partial charge in [0.05, 0.1) is 17.7 Å². The van der Waals surface area contributed by atoms with Crippen LogP contribution in [0.25, 0.3) is 5.76 Å². The van der Waals surface area contributed by atoms with Crippen LogP contribution in [0, 0.1) is 0 Å². The van der Waals surface area contributed by atoms with Crippen LogP contribution in [0.15, 0.2) is 54.1 Å². The van der Waals surface area contributed by atoms with Gasteiger partial charge in [-0.25, -0.2) is 0 Å². The lowest BCUT2D eigenvalue weighted by molar-refractivity contribution is -0.140. The van der Waals surface area contributed by atoms with Crippen LogP contribution in [-0.4, -0.2) is 59.9 Å². The van der Waals surface area contributed by atoms with Crippen molar-refractivity contribution in [1.29, 1.82) is 0 Å². The molecule has 1 heterocycles. The number of Topliss-reactive ketones (excluding diaryl/α,β-unsaturated/α-hetero) is 1. The van der Waals surface area contributed by atoms with E-state index in [1.807, 2.05) is 57.1 Å². The van der Waals surface area contributed by atoms with Crippen molar-refractivity contribution >= 4 is 17.4 Å². The van der Waals surface area contributed by atoms with Crippen LogP contribution in [0.2, 0.25) is 0 Å². The predicted molar refractivity (Wildman–Crippen MR) is 135 cm³/mol. The Hall–Kier alpha value is -3.12. The van der Waals surface area contributed by atoms with Crippen LogP contribution < -0.4 is 4.74 Å². The van der Waals surface area contributed by atoms with E-state index in [9.17, 15) is 14.7 Å². The molecule has 1 N–H and O–H groups in total. The van der Waals surface area contributed by atoms with E-state index in [-0.39, 0.29) is 22.9 Å². The Morgan fingerprint density at radius 3 is 2.29 bits per heavy atom. The summed E-state index contributed by atoms with van der Waals surface area (Å²) in [4.78, 5) is 29.8. The van der Waals surface area contributed by atoms with E-state index in [0.717, 1.165) is 11.1 Å². The Balaban J connectivity index is 2.13. The molecule has 2 aromatic rings. The molecule has 182 valence electrons. The molecule has 6 nitrogen and oxygen atoms in total. The maximum Gasteiger partial charge on any atom is 0.295 e. The highest BCUT2D eigenvalue weighted by molar-refractivity contribution is 6.46. The lowest BCUT2D eigenvalue weighted by Crippen LogP contribution is -2.35. The largest absolute Gasteiger partial charge is 0.507 e. The highest BCUT2D eigenvalue weighted by Crippen LogP contribution is 2.40. The summed E-state index contributed by atoms with van der Waals surface area (Å²) in [5.74, 6) is -0.865. The zero-order valence-electron chi connectivity index (χ0n) is 21.3. The highest BCUT2D eigenvalue weighted by atomic mass is 16.5. The van der Waals surface area contributed by atoms with Gasteiger partial charge in [-0.1, -0.05) is 57.2 Å². The summed E-state index contributed by atoms with van der Waals surface area (Å²) in [6.07, 6.45) is -0.0321. The number of carbonyl (C=O) groups excluding carboxylic acids is 2. The first kappa shape index (κ1) is 25.5. The van der Waals surface area contributed by atoms with Crippen LogP contribution in [0.4, 0.5) is 0 Å². The fourth-order valence-corrected chi connectivity index (χ4v) is 4.07. The average molecular weight is 465 g/mol. The fraction of sp³-hybridized carbons (Fsp3) is 0.429. The topological polar surface area (TPSA) is 70.1 Å². The highest BCUT2D eigenvalue weighted by Gasteiger charge is 2.46. The van der Waals surface area contributed by atoms with Gasteiger partial charge in [-0.05, 0) is 56.6 Å². The third-order valence-corrected chi connectivity index (χ3v) is 5.90. The van der Waals surface area contributed by atoms with Gasteiger partial charge < -0.3 is 19.6 Å². The summed E-state index contributed by atoms with van der Waals surface area (Å²) in [5, 5.41) is 11.3. The third kappa shape index (κ3) is 5.50.